The molecule has 2 aromatic carbocycles. The Morgan fingerprint density at radius 2 is 1.09 bits per heavy atom. The zero-order chi connectivity index (χ0) is 14.8. The molecule has 2 aromatic heterocycles. The van der Waals surface area contributed by atoms with Gasteiger partial charge in [-0.1, -0.05) is 24.3 Å². The van der Waals surface area contributed by atoms with Gasteiger partial charge in [-0.3, -0.25) is 0 Å². The maximum atomic E-state index is 10.8. The molecular weight excluding hydrogens is 280 g/mol. The Bertz CT molecular complexity index is 949. The molecule has 0 saturated heterocycles. The molecule has 4 N–H and O–H groups in total. The fourth-order valence-electron chi connectivity index (χ4n) is 3.38. The van der Waals surface area contributed by atoms with Crippen LogP contribution in [0.1, 0.15) is 24.1 Å². The van der Waals surface area contributed by atoms with Gasteiger partial charge in [0.2, 0.25) is 0 Å². The van der Waals surface area contributed by atoms with Gasteiger partial charge in [0.05, 0.1) is 0 Å². The van der Waals surface area contributed by atoms with Crippen LogP contribution in [0.25, 0.3) is 22.1 Å². The van der Waals surface area contributed by atoms with E-state index in [1.165, 1.54) is 0 Å². The number of benzene rings is 2. The van der Waals surface area contributed by atoms with Crippen molar-refractivity contribution in [2.45, 2.75) is 12.5 Å². The molecule has 6 nitrogen and oxygen atoms in total. The highest BCUT2D eigenvalue weighted by molar-refractivity contribution is 5.72. The lowest BCUT2D eigenvalue weighted by Gasteiger charge is -2.16. The summed E-state index contributed by atoms with van der Waals surface area (Å²) >= 11 is 0. The normalized spacial score (nSPS) is 20.3. The number of imidazole rings is 2. The van der Waals surface area contributed by atoms with Crippen LogP contribution in [0.3, 0.4) is 0 Å². The number of aliphatic hydroxyl groups is 2. The van der Waals surface area contributed by atoms with Crippen molar-refractivity contribution in [1.82, 2.24) is 9.97 Å². The Hall–Kier alpha value is -2.70. The van der Waals surface area contributed by atoms with Gasteiger partial charge < -0.3 is 10.2 Å². The van der Waals surface area contributed by atoms with Gasteiger partial charge in [0.15, 0.2) is 22.1 Å². The third kappa shape index (κ3) is 1.31. The van der Waals surface area contributed by atoms with Crippen molar-refractivity contribution >= 4 is 22.1 Å². The number of hydrogen-bond donors (Lipinski definition) is 4. The number of fused-ring (bicyclic) bond motifs is 6. The van der Waals surface area contributed by atoms with E-state index < -0.39 is 12.5 Å². The minimum Gasteiger partial charge on any atom is -0.346 e. The van der Waals surface area contributed by atoms with Crippen LogP contribution in [-0.2, 0) is 0 Å². The fourth-order valence-corrected chi connectivity index (χ4v) is 3.38. The zero-order valence-electron chi connectivity index (χ0n) is 11.6. The van der Waals surface area contributed by atoms with Crippen molar-refractivity contribution in [3.05, 3.63) is 60.2 Å². The van der Waals surface area contributed by atoms with Gasteiger partial charge in [-0.05, 0) is 24.3 Å². The highest BCUT2D eigenvalue weighted by Gasteiger charge is 2.46. The number of H-pyrrole nitrogens is 2. The molecule has 2 atom stereocenters. The maximum absolute atomic E-state index is 10.8. The molecule has 0 spiro atoms. The van der Waals surface area contributed by atoms with E-state index in [-0.39, 0.29) is 0 Å². The first-order chi connectivity index (χ1) is 10.8. The molecule has 6 heteroatoms. The topological polar surface area (TPSA) is 79.8 Å². The van der Waals surface area contributed by atoms with E-state index in [2.05, 4.69) is 9.97 Å². The van der Waals surface area contributed by atoms with Gasteiger partial charge in [-0.2, -0.15) is 9.13 Å². The van der Waals surface area contributed by atoms with Gasteiger partial charge in [-0.25, -0.2) is 9.97 Å². The minimum absolute atomic E-state index is 0.566. The zero-order valence-corrected chi connectivity index (χ0v) is 11.6. The average Bonchev–Trinajstić information content (AvgIpc) is 3.12. The summed E-state index contributed by atoms with van der Waals surface area (Å²) in [5.41, 5.74) is 3.47. The Labute approximate surface area is 124 Å². The van der Waals surface area contributed by atoms with Crippen molar-refractivity contribution in [3.63, 3.8) is 0 Å². The summed E-state index contributed by atoms with van der Waals surface area (Å²) < 4.78 is 3.45. The van der Waals surface area contributed by atoms with Crippen LogP contribution < -0.4 is 9.13 Å². The molecule has 0 aliphatic carbocycles. The molecule has 0 amide bonds. The molecule has 0 bridgehead atoms. The lowest BCUT2D eigenvalue weighted by Crippen LogP contribution is -2.60. The number of hydrogen-bond acceptors (Lipinski definition) is 2. The molecule has 3 heterocycles. The molecule has 0 radical (unpaired) electrons. The smallest absolute Gasteiger partial charge is 0.333 e. The Morgan fingerprint density at radius 3 is 1.55 bits per heavy atom. The van der Waals surface area contributed by atoms with Crippen molar-refractivity contribution in [1.29, 1.82) is 0 Å². The molecule has 1 aliphatic heterocycles. The van der Waals surface area contributed by atoms with Gasteiger partial charge in [-0.15, -0.1) is 0 Å². The highest BCUT2D eigenvalue weighted by Crippen LogP contribution is 2.24. The summed E-state index contributed by atoms with van der Waals surface area (Å²) in [7, 11) is 0. The van der Waals surface area contributed by atoms with E-state index >= 15 is 0 Å². The summed E-state index contributed by atoms with van der Waals surface area (Å²) in [6, 6.07) is 15.4. The van der Waals surface area contributed by atoms with Crippen LogP contribution in [0.2, 0.25) is 0 Å². The van der Waals surface area contributed by atoms with E-state index in [0.29, 0.717) is 11.6 Å². The van der Waals surface area contributed by atoms with Crippen molar-refractivity contribution in [2.75, 3.05) is 0 Å². The van der Waals surface area contributed by atoms with Gasteiger partial charge in [0, 0.05) is 0 Å². The molecule has 1 aliphatic rings. The Morgan fingerprint density at radius 1 is 0.682 bits per heavy atom. The van der Waals surface area contributed by atoms with E-state index in [0.717, 1.165) is 22.1 Å². The molecule has 0 fully saturated rings. The molecule has 2 unspecified atom stereocenters. The Balaban J connectivity index is 1.88. The number of para-hydroxylation sites is 4. The maximum Gasteiger partial charge on any atom is 0.333 e. The van der Waals surface area contributed by atoms with E-state index in [1.807, 2.05) is 48.5 Å². The lowest BCUT2D eigenvalue weighted by atomic mass is 10.3. The first-order valence-corrected chi connectivity index (χ1v) is 7.16. The second kappa shape index (κ2) is 3.94. The molecule has 4 aromatic rings. The molecule has 0 saturated carbocycles. The number of aromatic nitrogens is 4. The van der Waals surface area contributed by atoms with E-state index in [4.69, 9.17) is 0 Å². The molecular formula is C16H14N4O2+2. The van der Waals surface area contributed by atoms with E-state index in [9.17, 15) is 10.2 Å². The number of rotatable bonds is 0. The van der Waals surface area contributed by atoms with Gasteiger partial charge >= 0.3 is 24.1 Å². The van der Waals surface area contributed by atoms with E-state index in [1.54, 1.807) is 9.13 Å². The van der Waals surface area contributed by atoms with Crippen LogP contribution >= 0.6 is 0 Å². The number of nitrogens with zero attached hydrogens (tertiary/aromatic N) is 2. The predicted octanol–water partition coefficient (Wildman–Crippen LogP) is 0.616. The largest absolute Gasteiger partial charge is 0.346 e. The predicted molar refractivity (Wildman–Crippen MR) is 77.7 cm³/mol. The third-order valence-electron chi connectivity index (χ3n) is 4.35. The second-order valence-electron chi connectivity index (χ2n) is 5.54. The SMILES string of the molecule is OC1c2[nH]c3ccccc3[n+]2C(O)c2[nH]c3ccccc3[n+]21. The first-order valence-electron chi connectivity index (χ1n) is 7.16. The highest BCUT2D eigenvalue weighted by atomic mass is 16.3. The Kier molecular flexibility index (Phi) is 2.13. The molecule has 22 heavy (non-hydrogen) atoms. The minimum atomic E-state index is -0.887. The first kappa shape index (κ1) is 11.9. The number of aliphatic hydroxyl groups excluding tert-OH is 2. The van der Waals surface area contributed by atoms with Gasteiger partial charge in [0.25, 0.3) is 0 Å². The lowest BCUT2D eigenvalue weighted by molar-refractivity contribution is -0.847. The van der Waals surface area contributed by atoms with Crippen molar-refractivity contribution < 1.29 is 19.3 Å². The van der Waals surface area contributed by atoms with Crippen LogP contribution in [0.4, 0.5) is 0 Å². The van der Waals surface area contributed by atoms with Crippen LogP contribution in [0.5, 0.6) is 0 Å². The summed E-state index contributed by atoms with van der Waals surface area (Å²) in [5, 5.41) is 21.6. The summed E-state index contributed by atoms with van der Waals surface area (Å²) in [5.74, 6) is 1.13. The second-order valence-corrected chi connectivity index (χ2v) is 5.54. The van der Waals surface area contributed by atoms with Crippen LogP contribution in [0, 0.1) is 0 Å². The average molecular weight is 294 g/mol. The molecule has 108 valence electrons. The number of aromatic amines is 2. The van der Waals surface area contributed by atoms with Crippen LogP contribution in [0.15, 0.2) is 48.5 Å². The summed E-state index contributed by atoms with van der Waals surface area (Å²) in [6.07, 6.45) is -1.77. The quantitative estimate of drug-likeness (QED) is 0.359. The fraction of sp³-hybridized carbons (Fsp3) is 0.125. The number of nitrogens with one attached hydrogen (secondary N) is 2. The monoisotopic (exact) mass is 294 g/mol. The van der Waals surface area contributed by atoms with Crippen molar-refractivity contribution in [2.24, 2.45) is 0 Å². The third-order valence-corrected chi connectivity index (χ3v) is 4.35. The summed E-state index contributed by atoms with van der Waals surface area (Å²) in [4.78, 5) is 6.42. The van der Waals surface area contributed by atoms with Crippen molar-refractivity contribution in [3.8, 4) is 0 Å². The standard InChI is InChI=1S/C16H12N4O2/c21-15-13-17-9-5-1-3-7-11(9)19(13)16(22)14-18-10-6-2-4-8-12(10)20(14)15/h1-8,15-16,21-22H/p+2. The van der Waals surface area contributed by atoms with Crippen LogP contribution in [-0.4, -0.2) is 20.2 Å². The molecule has 5 rings (SSSR count). The van der Waals surface area contributed by atoms with Gasteiger partial charge in [0.1, 0.15) is 0 Å². The summed E-state index contributed by atoms with van der Waals surface area (Å²) in [6.45, 7) is 0.